The molecule has 0 spiro atoms. The lowest BCUT2D eigenvalue weighted by Crippen LogP contribution is -2.33. The Kier molecular flexibility index (Phi) is 4.74. The standard InChI is InChI=1S/C13H21N3O2S/c1-9(2)12-14-13(19-15-12)16-7-5-10(6-8-16)3-4-11(17)18/h9-10H,3-8H2,1-2H3,(H,17,18). The van der Waals surface area contributed by atoms with E-state index in [1.165, 1.54) is 11.5 Å². The number of hydrogen-bond acceptors (Lipinski definition) is 5. The lowest BCUT2D eigenvalue weighted by molar-refractivity contribution is -0.137. The molecule has 1 saturated heterocycles. The third kappa shape index (κ3) is 3.89. The van der Waals surface area contributed by atoms with Crippen molar-refractivity contribution < 1.29 is 9.90 Å². The Labute approximate surface area is 117 Å². The summed E-state index contributed by atoms with van der Waals surface area (Å²) in [6.45, 7) is 6.14. The number of rotatable bonds is 5. The Hall–Kier alpha value is -1.17. The molecule has 1 aliphatic rings. The Bertz CT molecular complexity index is 425. The molecule has 6 heteroatoms. The number of nitrogens with zero attached hydrogens (tertiary/aromatic N) is 3. The molecule has 0 aliphatic carbocycles. The monoisotopic (exact) mass is 283 g/mol. The van der Waals surface area contributed by atoms with Crippen LogP contribution in [0.3, 0.4) is 0 Å². The minimum Gasteiger partial charge on any atom is -0.481 e. The predicted octanol–water partition coefficient (Wildman–Crippen LogP) is 2.74. The first-order chi connectivity index (χ1) is 9.06. The molecule has 0 aromatic carbocycles. The van der Waals surface area contributed by atoms with Gasteiger partial charge < -0.3 is 10.0 Å². The first-order valence-electron chi connectivity index (χ1n) is 6.86. The van der Waals surface area contributed by atoms with E-state index in [1.54, 1.807) is 0 Å². The van der Waals surface area contributed by atoms with Crippen LogP contribution in [0.1, 0.15) is 51.3 Å². The van der Waals surface area contributed by atoms with Crippen LogP contribution in [-0.2, 0) is 4.79 Å². The summed E-state index contributed by atoms with van der Waals surface area (Å²) in [6.07, 6.45) is 3.21. The van der Waals surface area contributed by atoms with Gasteiger partial charge in [0.05, 0.1) is 0 Å². The summed E-state index contributed by atoms with van der Waals surface area (Å²) in [5.41, 5.74) is 0. The molecule has 0 amide bonds. The summed E-state index contributed by atoms with van der Waals surface area (Å²) in [5.74, 6) is 1.16. The fourth-order valence-electron chi connectivity index (χ4n) is 2.33. The van der Waals surface area contributed by atoms with Gasteiger partial charge >= 0.3 is 5.97 Å². The molecule has 1 aromatic heterocycles. The molecule has 1 N–H and O–H groups in total. The SMILES string of the molecule is CC(C)c1nsc(N2CCC(CCC(=O)O)CC2)n1. The molecule has 0 radical (unpaired) electrons. The average molecular weight is 283 g/mol. The molecule has 1 fully saturated rings. The second-order valence-corrected chi connectivity index (χ2v) is 6.18. The lowest BCUT2D eigenvalue weighted by atomic mass is 9.92. The van der Waals surface area contributed by atoms with Crippen molar-refractivity contribution in [1.82, 2.24) is 9.36 Å². The van der Waals surface area contributed by atoms with Crippen LogP contribution in [0.15, 0.2) is 0 Å². The van der Waals surface area contributed by atoms with Crippen LogP contribution in [0.5, 0.6) is 0 Å². The molecule has 0 atom stereocenters. The first-order valence-corrected chi connectivity index (χ1v) is 7.64. The van der Waals surface area contributed by atoms with Gasteiger partial charge in [-0.15, -0.1) is 0 Å². The first kappa shape index (κ1) is 14.2. The number of aromatic nitrogens is 2. The average Bonchev–Trinajstić information content (AvgIpc) is 2.86. The number of carboxylic acids is 1. The third-order valence-corrected chi connectivity index (χ3v) is 4.39. The largest absolute Gasteiger partial charge is 0.481 e. The smallest absolute Gasteiger partial charge is 0.303 e. The molecule has 5 nitrogen and oxygen atoms in total. The van der Waals surface area contributed by atoms with Crippen LogP contribution in [-0.4, -0.2) is 33.5 Å². The number of aliphatic carboxylic acids is 1. The van der Waals surface area contributed by atoms with E-state index in [0.29, 0.717) is 18.3 Å². The second kappa shape index (κ2) is 6.32. The van der Waals surface area contributed by atoms with Gasteiger partial charge in [0.25, 0.3) is 0 Å². The van der Waals surface area contributed by atoms with Crippen LogP contribution in [0.25, 0.3) is 0 Å². The van der Waals surface area contributed by atoms with Crippen LogP contribution in [0, 0.1) is 5.92 Å². The molecule has 1 aliphatic heterocycles. The summed E-state index contributed by atoms with van der Waals surface area (Å²) in [7, 11) is 0. The summed E-state index contributed by atoms with van der Waals surface area (Å²) in [4.78, 5) is 17.4. The maximum atomic E-state index is 10.6. The fourth-order valence-corrected chi connectivity index (χ4v) is 3.19. The van der Waals surface area contributed by atoms with Crippen molar-refractivity contribution in [3.05, 3.63) is 5.82 Å². The van der Waals surface area contributed by atoms with E-state index >= 15 is 0 Å². The molecule has 19 heavy (non-hydrogen) atoms. The van der Waals surface area contributed by atoms with E-state index in [1.807, 2.05) is 0 Å². The number of piperidine rings is 1. The van der Waals surface area contributed by atoms with Gasteiger partial charge in [0.1, 0.15) is 5.82 Å². The summed E-state index contributed by atoms with van der Waals surface area (Å²) < 4.78 is 4.38. The van der Waals surface area contributed by atoms with Crippen LogP contribution in [0.4, 0.5) is 5.13 Å². The van der Waals surface area contributed by atoms with Gasteiger partial charge in [0, 0.05) is 37.0 Å². The van der Waals surface area contributed by atoms with Gasteiger partial charge in [0.15, 0.2) is 0 Å². The molecule has 2 rings (SSSR count). The zero-order chi connectivity index (χ0) is 13.8. The van der Waals surface area contributed by atoms with Crippen molar-refractivity contribution in [3.63, 3.8) is 0 Å². The molecular weight excluding hydrogens is 262 g/mol. The maximum Gasteiger partial charge on any atom is 0.303 e. The van der Waals surface area contributed by atoms with Crippen molar-refractivity contribution in [2.24, 2.45) is 5.92 Å². The highest BCUT2D eigenvalue weighted by molar-refractivity contribution is 7.09. The Morgan fingerprint density at radius 2 is 2.16 bits per heavy atom. The number of carboxylic acid groups (broad SMARTS) is 1. The third-order valence-electron chi connectivity index (χ3n) is 3.60. The van der Waals surface area contributed by atoms with Gasteiger partial charge in [0.2, 0.25) is 5.13 Å². The normalized spacial score (nSPS) is 17.1. The van der Waals surface area contributed by atoms with E-state index < -0.39 is 5.97 Å². The number of hydrogen-bond donors (Lipinski definition) is 1. The number of anilines is 1. The lowest BCUT2D eigenvalue weighted by Gasteiger charge is -2.31. The highest BCUT2D eigenvalue weighted by atomic mass is 32.1. The Morgan fingerprint density at radius 3 is 2.68 bits per heavy atom. The second-order valence-electron chi connectivity index (χ2n) is 5.45. The molecule has 0 saturated carbocycles. The van der Waals surface area contributed by atoms with Crippen LogP contribution in [0.2, 0.25) is 0 Å². The fraction of sp³-hybridized carbons (Fsp3) is 0.769. The molecule has 0 bridgehead atoms. The van der Waals surface area contributed by atoms with Crippen LogP contribution >= 0.6 is 11.5 Å². The van der Waals surface area contributed by atoms with Crippen molar-refractivity contribution >= 4 is 22.6 Å². The summed E-state index contributed by atoms with van der Waals surface area (Å²) >= 11 is 1.47. The van der Waals surface area contributed by atoms with Crippen molar-refractivity contribution in [1.29, 1.82) is 0 Å². The van der Waals surface area contributed by atoms with Gasteiger partial charge in [-0.05, 0) is 25.2 Å². The van der Waals surface area contributed by atoms with Gasteiger partial charge in [-0.1, -0.05) is 13.8 Å². The van der Waals surface area contributed by atoms with E-state index in [0.717, 1.165) is 43.3 Å². The van der Waals surface area contributed by atoms with E-state index in [4.69, 9.17) is 5.11 Å². The van der Waals surface area contributed by atoms with Crippen molar-refractivity contribution in [3.8, 4) is 0 Å². The summed E-state index contributed by atoms with van der Waals surface area (Å²) in [6, 6.07) is 0. The Balaban J connectivity index is 1.83. The summed E-state index contributed by atoms with van der Waals surface area (Å²) in [5, 5.41) is 9.72. The van der Waals surface area contributed by atoms with Crippen molar-refractivity contribution in [2.45, 2.75) is 45.4 Å². The van der Waals surface area contributed by atoms with Gasteiger partial charge in [-0.2, -0.15) is 4.37 Å². The highest BCUT2D eigenvalue weighted by Crippen LogP contribution is 2.28. The molecule has 0 unspecified atom stereocenters. The Morgan fingerprint density at radius 1 is 1.47 bits per heavy atom. The molecule has 2 heterocycles. The number of carbonyl (C=O) groups is 1. The zero-order valence-electron chi connectivity index (χ0n) is 11.5. The van der Waals surface area contributed by atoms with E-state index in [-0.39, 0.29) is 0 Å². The van der Waals surface area contributed by atoms with Gasteiger partial charge in [-0.3, -0.25) is 4.79 Å². The minimum atomic E-state index is -0.687. The zero-order valence-corrected chi connectivity index (χ0v) is 12.3. The highest BCUT2D eigenvalue weighted by Gasteiger charge is 2.22. The quantitative estimate of drug-likeness (QED) is 0.900. The molecule has 1 aromatic rings. The topological polar surface area (TPSA) is 66.3 Å². The predicted molar refractivity (Wildman–Crippen MR) is 75.8 cm³/mol. The maximum absolute atomic E-state index is 10.6. The van der Waals surface area contributed by atoms with E-state index in [9.17, 15) is 4.79 Å². The minimum absolute atomic E-state index is 0.293. The van der Waals surface area contributed by atoms with E-state index in [2.05, 4.69) is 28.1 Å². The molecule has 106 valence electrons. The van der Waals surface area contributed by atoms with Crippen LogP contribution < -0.4 is 4.90 Å². The van der Waals surface area contributed by atoms with Gasteiger partial charge in [-0.25, -0.2) is 4.98 Å². The molecular formula is C13H21N3O2S. The van der Waals surface area contributed by atoms with Crippen molar-refractivity contribution in [2.75, 3.05) is 18.0 Å².